The molecule has 1 rings (SSSR count). The van der Waals surface area contributed by atoms with Gasteiger partial charge in [0.25, 0.3) is 5.91 Å². The van der Waals surface area contributed by atoms with Crippen LogP contribution in [-0.2, 0) is 18.7 Å². The highest BCUT2D eigenvalue weighted by Gasteiger charge is 2.37. The van der Waals surface area contributed by atoms with E-state index < -0.39 is 31.8 Å². The van der Waals surface area contributed by atoms with Crippen LogP contribution in [0.2, 0.25) is 0 Å². The number of phosphoric acid groups is 1. The standard InChI is InChI=1S/C8H14NO7P/c1-5(16-17(13,14)15)7(10)9-4-2-3-6(9)8(11)12/h5-6H,2-4H2,1H3,(H,11,12)(H2,13,14,15)/t5?,6-/m0/s1. The molecule has 1 saturated heterocycles. The molecule has 9 heteroatoms. The summed E-state index contributed by atoms with van der Waals surface area (Å²) in [4.78, 5) is 40.8. The molecule has 0 aromatic heterocycles. The van der Waals surface area contributed by atoms with Gasteiger partial charge < -0.3 is 19.8 Å². The lowest BCUT2D eigenvalue weighted by atomic mass is 10.2. The van der Waals surface area contributed by atoms with Gasteiger partial charge in [0, 0.05) is 6.54 Å². The van der Waals surface area contributed by atoms with E-state index >= 15 is 0 Å². The zero-order valence-corrected chi connectivity index (χ0v) is 10.0. The number of carboxylic acids is 1. The van der Waals surface area contributed by atoms with Crippen LogP contribution in [0.4, 0.5) is 0 Å². The molecule has 1 heterocycles. The zero-order chi connectivity index (χ0) is 13.2. The molecule has 0 aromatic rings. The molecule has 0 saturated carbocycles. The van der Waals surface area contributed by atoms with Crippen LogP contribution in [0.3, 0.4) is 0 Å². The SMILES string of the molecule is CC(OP(=O)(O)O)C(=O)N1CCC[C@H]1C(=O)O. The Morgan fingerprint density at radius 3 is 2.53 bits per heavy atom. The molecule has 17 heavy (non-hydrogen) atoms. The van der Waals surface area contributed by atoms with Crippen molar-refractivity contribution in [3.05, 3.63) is 0 Å². The number of amides is 1. The van der Waals surface area contributed by atoms with Gasteiger partial charge in [0.2, 0.25) is 0 Å². The highest BCUT2D eigenvalue weighted by atomic mass is 31.2. The lowest BCUT2D eigenvalue weighted by molar-refractivity contribution is -0.151. The summed E-state index contributed by atoms with van der Waals surface area (Å²) in [6.07, 6.45) is -0.481. The third kappa shape index (κ3) is 3.78. The van der Waals surface area contributed by atoms with E-state index in [0.717, 1.165) is 4.90 Å². The molecule has 0 radical (unpaired) electrons. The summed E-state index contributed by atoms with van der Waals surface area (Å²) in [6, 6.07) is -0.940. The van der Waals surface area contributed by atoms with Crippen molar-refractivity contribution in [2.45, 2.75) is 31.9 Å². The number of rotatable bonds is 4. The number of carbonyl (C=O) groups excluding carboxylic acids is 1. The van der Waals surface area contributed by atoms with Gasteiger partial charge in [0.15, 0.2) is 0 Å². The smallest absolute Gasteiger partial charge is 0.470 e. The first-order valence-corrected chi connectivity index (χ1v) is 6.52. The summed E-state index contributed by atoms with van der Waals surface area (Å²) in [5.74, 6) is -1.85. The quantitative estimate of drug-likeness (QED) is 0.589. The second-order valence-electron chi connectivity index (χ2n) is 3.77. The van der Waals surface area contributed by atoms with Crippen LogP contribution in [-0.4, -0.2) is 50.4 Å². The molecule has 0 aromatic carbocycles. The number of aliphatic carboxylic acids is 1. The first-order valence-electron chi connectivity index (χ1n) is 4.99. The maximum absolute atomic E-state index is 11.7. The number of phosphoric ester groups is 1. The number of carboxylic acid groups (broad SMARTS) is 1. The van der Waals surface area contributed by atoms with Crippen LogP contribution in [0.1, 0.15) is 19.8 Å². The third-order valence-electron chi connectivity index (χ3n) is 2.46. The molecule has 0 aliphatic carbocycles. The van der Waals surface area contributed by atoms with Crippen LogP contribution in [0.5, 0.6) is 0 Å². The van der Waals surface area contributed by atoms with Gasteiger partial charge in [0.1, 0.15) is 12.1 Å². The summed E-state index contributed by atoms with van der Waals surface area (Å²) < 4.78 is 14.8. The van der Waals surface area contributed by atoms with Crippen molar-refractivity contribution in [2.75, 3.05) is 6.54 Å². The summed E-state index contributed by atoms with van der Waals surface area (Å²) in [5, 5.41) is 8.86. The van der Waals surface area contributed by atoms with Crippen LogP contribution in [0.15, 0.2) is 0 Å². The maximum atomic E-state index is 11.7. The number of hydrogen-bond acceptors (Lipinski definition) is 4. The van der Waals surface area contributed by atoms with Crippen molar-refractivity contribution in [2.24, 2.45) is 0 Å². The van der Waals surface area contributed by atoms with E-state index in [1.54, 1.807) is 0 Å². The van der Waals surface area contributed by atoms with Crippen molar-refractivity contribution in [3.8, 4) is 0 Å². The molecule has 3 N–H and O–H groups in total. The fourth-order valence-electron chi connectivity index (χ4n) is 1.77. The van der Waals surface area contributed by atoms with E-state index in [1.807, 2.05) is 0 Å². The van der Waals surface area contributed by atoms with E-state index in [9.17, 15) is 14.2 Å². The lowest BCUT2D eigenvalue weighted by Crippen LogP contribution is -2.45. The van der Waals surface area contributed by atoms with Crippen LogP contribution in [0, 0.1) is 0 Å². The van der Waals surface area contributed by atoms with Crippen molar-refractivity contribution < 1.29 is 33.6 Å². The summed E-state index contributed by atoms with van der Waals surface area (Å²) in [5.41, 5.74) is 0. The molecule has 2 atom stereocenters. The number of nitrogens with zero attached hydrogens (tertiary/aromatic N) is 1. The molecule has 1 unspecified atom stereocenters. The summed E-state index contributed by atoms with van der Waals surface area (Å²) >= 11 is 0. The van der Waals surface area contributed by atoms with Crippen LogP contribution < -0.4 is 0 Å². The van der Waals surface area contributed by atoms with E-state index in [4.69, 9.17) is 14.9 Å². The molecule has 1 amide bonds. The molecule has 0 spiro atoms. The zero-order valence-electron chi connectivity index (χ0n) is 9.15. The van der Waals surface area contributed by atoms with Gasteiger partial charge in [0.05, 0.1) is 0 Å². The van der Waals surface area contributed by atoms with E-state index in [-0.39, 0.29) is 6.54 Å². The molecular formula is C8H14NO7P. The largest absolute Gasteiger partial charge is 0.480 e. The molecule has 98 valence electrons. The van der Waals surface area contributed by atoms with E-state index in [2.05, 4.69) is 4.52 Å². The predicted molar refractivity (Wildman–Crippen MR) is 55.0 cm³/mol. The fourth-order valence-corrected chi connectivity index (χ4v) is 2.27. The van der Waals surface area contributed by atoms with Gasteiger partial charge in [-0.1, -0.05) is 0 Å². The van der Waals surface area contributed by atoms with Gasteiger partial charge in [-0.3, -0.25) is 9.32 Å². The third-order valence-corrected chi connectivity index (χ3v) is 3.05. The van der Waals surface area contributed by atoms with E-state index in [1.165, 1.54) is 6.92 Å². The van der Waals surface area contributed by atoms with Crippen molar-refractivity contribution in [3.63, 3.8) is 0 Å². The number of carbonyl (C=O) groups is 2. The Hall–Kier alpha value is -0.950. The highest BCUT2D eigenvalue weighted by molar-refractivity contribution is 7.46. The average molecular weight is 267 g/mol. The topological polar surface area (TPSA) is 124 Å². The summed E-state index contributed by atoms with van der Waals surface area (Å²) in [7, 11) is -4.75. The Bertz CT molecular complexity index is 365. The Morgan fingerprint density at radius 2 is 2.06 bits per heavy atom. The minimum Gasteiger partial charge on any atom is -0.480 e. The first-order chi connectivity index (χ1) is 7.72. The minimum absolute atomic E-state index is 0.255. The molecule has 8 nitrogen and oxygen atoms in total. The van der Waals surface area contributed by atoms with Gasteiger partial charge in [-0.2, -0.15) is 0 Å². The van der Waals surface area contributed by atoms with Crippen molar-refractivity contribution in [1.29, 1.82) is 0 Å². The summed E-state index contributed by atoms with van der Waals surface area (Å²) in [6.45, 7) is 1.43. The van der Waals surface area contributed by atoms with Crippen LogP contribution in [0.25, 0.3) is 0 Å². The van der Waals surface area contributed by atoms with Gasteiger partial charge in [-0.05, 0) is 19.8 Å². The molecule has 1 aliphatic rings. The Morgan fingerprint density at radius 1 is 1.47 bits per heavy atom. The van der Waals surface area contributed by atoms with Crippen molar-refractivity contribution >= 4 is 19.7 Å². The Kier molecular flexibility index (Phi) is 4.26. The second-order valence-corrected chi connectivity index (χ2v) is 4.96. The van der Waals surface area contributed by atoms with Crippen molar-refractivity contribution in [1.82, 2.24) is 4.90 Å². The van der Waals surface area contributed by atoms with Gasteiger partial charge in [-0.15, -0.1) is 0 Å². The fraction of sp³-hybridized carbons (Fsp3) is 0.750. The van der Waals surface area contributed by atoms with Gasteiger partial charge in [-0.25, -0.2) is 9.36 Å². The Labute approximate surface area is 97.4 Å². The molecule has 1 fully saturated rings. The maximum Gasteiger partial charge on any atom is 0.470 e. The molecule has 1 aliphatic heterocycles. The normalized spacial score (nSPS) is 22.5. The average Bonchev–Trinajstić information content (AvgIpc) is 2.61. The predicted octanol–water partition coefficient (Wildman–Crippen LogP) is -0.440. The number of likely N-dealkylation sites (tertiary alicyclic amines) is 1. The first kappa shape index (κ1) is 14.1. The second kappa shape index (κ2) is 5.14. The Balaban J connectivity index is 2.69. The highest BCUT2D eigenvalue weighted by Crippen LogP contribution is 2.38. The number of hydrogen-bond donors (Lipinski definition) is 3. The van der Waals surface area contributed by atoms with Crippen LogP contribution >= 0.6 is 7.82 Å². The van der Waals surface area contributed by atoms with Gasteiger partial charge >= 0.3 is 13.8 Å². The molecular weight excluding hydrogens is 253 g/mol. The minimum atomic E-state index is -4.75. The van der Waals surface area contributed by atoms with E-state index in [0.29, 0.717) is 12.8 Å². The lowest BCUT2D eigenvalue weighted by Gasteiger charge is -2.24. The monoisotopic (exact) mass is 267 g/mol. The molecule has 0 bridgehead atoms.